The van der Waals surface area contributed by atoms with E-state index in [2.05, 4.69) is 5.32 Å². The Morgan fingerprint density at radius 3 is 2.38 bits per heavy atom. The van der Waals surface area contributed by atoms with E-state index in [9.17, 15) is 18.8 Å². The highest BCUT2D eigenvalue weighted by Crippen LogP contribution is 2.28. The molecule has 4 amide bonds. The Morgan fingerprint density at radius 2 is 1.88 bits per heavy atom. The summed E-state index contributed by atoms with van der Waals surface area (Å²) < 4.78 is 12.7. The lowest BCUT2D eigenvalue weighted by molar-refractivity contribution is -0.138. The summed E-state index contributed by atoms with van der Waals surface area (Å²) in [4.78, 5) is 40.2. The van der Waals surface area contributed by atoms with Crippen LogP contribution < -0.4 is 5.32 Å². The van der Waals surface area contributed by atoms with Crippen LogP contribution >= 0.6 is 0 Å². The Hall–Kier alpha value is -1.66. The molecule has 2 aliphatic rings. The van der Waals surface area contributed by atoms with Gasteiger partial charge in [0.2, 0.25) is 5.91 Å². The fraction of sp³-hybridized carbons (Fsp3) is 0.824. The number of rotatable bonds is 6. The Bertz CT molecular complexity index is 501. The Labute approximate surface area is 142 Å². The van der Waals surface area contributed by atoms with Crippen molar-refractivity contribution in [2.24, 2.45) is 5.92 Å². The number of piperidine rings is 1. The lowest BCUT2D eigenvalue weighted by Crippen LogP contribution is -2.51. The lowest BCUT2D eigenvalue weighted by Gasteiger charge is -2.37. The van der Waals surface area contributed by atoms with Gasteiger partial charge in [0.1, 0.15) is 5.54 Å². The molecule has 1 atom stereocenters. The molecule has 2 fully saturated rings. The summed E-state index contributed by atoms with van der Waals surface area (Å²) in [7, 11) is 0. The summed E-state index contributed by atoms with van der Waals surface area (Å²) in [6.45, 7) is 6.04. The van der Waals surface area contributed by atoms with Crippen molar-refractivity contribution in [3.8, 4) is 0 Å². The summed E-state index contributed by atoms with van der Waals surface area (Å²) in [5.74, 6) is -0.140. The first-order chi connectivity index (χ1) is 11.4. The minimum absolute atomic E-state index is 0.0138. The van der Waals surface area contributed by atoms with E-state index in [1.807, 2.05) is 18.7 Å². The second kappa shape index (κ2) is 7.49. The molecule has 7 heteroatoms. The van der Waals surface area contributed by atoms with E-state index in [-0.39, 0.29) is 30.2 Å². The first-order valence-electron chi connectivity index (χ1n) is 8.88. The number of hydrogen-bond acceptors (Lipinski definition) is 3. The molecule has 2 aliphatic heterocycles. The first-order valence-corrected chi connectivity index (χ1v) is 8.88. The van der Waals surface area contributed by atoms with E-state index in [4.69, 9.17) is 0 Å². The molecule has 136 valence electrons. The van der Waals surface area contributed by atoms with E-state index in [0.29, 0.717) is 25.9 Å². The van der Waals surface area contributed by atoms with Crippen LogP contribution in [0.15, 0.2) is 0 Å². The molecule has 0 aromatic rings. The number of likely N-dealkylation sites (tertiary alicyclic amines) is 1. The highest BCUT2D eigenvalue weighted by Gasteiger charge is 2.50. The standard InChI is InChI=1S/C17H28FN3O3/c1-4-12(5-2)14(22)20-10-6-13(7-11-20)21-15(23)17(3,8-9-18)19-16(21)24/h12-13H,4-11H2,1-3H3,(H,19,24). The van der Waals surface area contributed by atoms with Crippen LogP contribution in [0.2, 0.25) is 0 Å². The zero-order valence-corrected chi connectivity index (χ0v) is 14.8. The Balaban J connectivity index is 1.98. The van der Waals surface area contributed by atoms with Gasteiger partial charge < -0.3 is 10.2 Å². The van der Waals surface area contributed by atoms with Gasteiger partial charge in [0.05, 0.1) is 6.67 Å². The van der Waals surface area contributed by atoms with Gasteiger partial charge in [-0.2, -0.15) is 0 Å². The number of carbonyl (C=O) groups is 3. The van der Waals surface area contributed by atoms with Crippen LogP contribution in [0.25, 0.3) is 0 Å². The number of halogens is 1. The molecule has 24 heavy (non-hydrogen) atoms. The molecule has 0 saturated carbocycles. The van der Waals surface area contributed by atoms with Crippen molar-refractivity contribution < 1.29 is 18.8 Å². The smallest absolute Gasteiger partial charge is 0.325 e. The molecule has 0 spiro atoms. The largest absolute Gasteiger partial charge is 0.342 e. The zero-order chi connectivity index (χ0) is 17.9. The molecule has 6 nitrogen and oxygen atoms in total. The van der Waals surface area contributed by atoms with Gasteiger partial charge in [-0.15, -0.1) is 0 Å². The maximum Gasteiger partial charge on any atom is 0.325 e. The Kier molecular flexibility index (Phi) is 5.83. The zero-order valence-electron chi connectivity index (χ0n) is 14.8. The predicted octanol–water partition coefficient (Wildman–Crippen LogP) is 2.08. The SMILES string of the molecule is CCC(CC)C(=O)N1CCC(N2C(=O)NC(C)(CCF)C2=O)CC1. The highest BCUT2D eigenvalue weighted by atomic mass is 19.1. The summed E-state index contributed by atoms with van der Waals surface area (Å²) in [6, 6.07) is -0.662. The number of amides is 4. The second-order valence-electron chi connectivity index (χ2n) is 6.95. The van der Waals surface area contributed by atoms with Crippen LogP contribution in [0.4, 0.5) is 9.18 Å². The van der Waals surface area contributed by atoms with Gasteiger partial charge in [-0.1, -0.05) is 13.8 Å². The average molecular weight is 341 g/mol. The van der Waals surface area contributed by atoms with E-state index in [0.717, 1.165) is 12.8 Å². The normalized spacial score (nSPS) is 25.5. The molecule has 0 aromatic carbocycles. The molecule has 0 aliphatic carbocycles. The fourth-order valence-corrected chi connectivity index (χ4v) is 3.64. The molecule has 0 bridgehead atoms. The van der Waals surface area contributed by atoms with E-state index in [1.54, 1.807) is 6.92 Å². The maximum atomic E-state index is 12.7. The fourth-order valence-electron chi connectivity index (χ4n) is 3.64. The van der Waals surface area contributed by atoms with Crippen LogP contribution in [-0.4, -0.2) is 59.0 Å². The Morgan fingerprint density at radius 1 is 1.29 bits per heavy atom. The minimum atomic E-state index is -1.14. The summed E-state index contributed by atoms with van der Waals surface area (Å²) in [5.41, 5.74) is -1.14. The second-order valence-corrected chi connectivity index (χ2v) is 6.95. The number of hydrogen-bond donors (Lipinski definition) is 1. The third kappa shape index (κ3) is 3.39. The lowest BCUT2D eigenvalue weighted by atomic mass is 9.95. The van der Waals surface area contributed by atoms with E-state index < -0.39 is 18.2 Å². The third-order valence-electron chi connectivity index (χ3n) is 5.36. The van der Waals surface area contributed by atoms with Gasteiger partial charge in [-0.3, -0.25) is 18.9 Å². The maximum absolute atomic E-state index is 12.7. The predicted molar refractivity (Wildman–Crippen MR) is 88.0 cm³/mol. The molecule has 0 radical (unpaired) electrons. The van der Waals surface area contributed by atoms with Crippen molar-refractivity contribution in [1.29, 1.82) is 0 Å². The first kappa shape index (κ1) is 18.7. The molecule has 0 aromatic heterocycles. The van der Waals surface area contributed by atoms with Gasteiger partial charge in [0.15, 0.2) is 0 Å². The highest BCUT2D eigenvalue weighted by molar-refractivity contribution is 6.07. The van der Waals surface area contributed by atoms with Crippen LogP contribution in [0, 0.1) is 5.92 Å². The summed E-state index contributed by atoms with van der Waals surface area (Å²) in [6.07, 6.45) is 2.79. The van der Waals surface area contributed by atoms with Crippen molar-refractivity contribution in [3.63, 3.8) is 0 Å². The van der Waals surface area contributed by atoms with Crippen molar-refractivity contribution in [2.45, 2.75) is 64.5 Å². The van der Waals surface area contributed by atoms with Gasteiger partial charge in [0.25, 0.3) is 5.91 Å². The molecule has 2 heterocycles. The van der Waals surface area contributed by atoms with Gasteiger partial charge in [-0.05, 0) is 32.6 Å². The minimum Gasteiger partial charge on any atom is -0.342 e. The third-order valence-corrected chi connectivity index (χ3v) is 5.36. The van der Waals surface area contributed by atoms with Crippen molar-refractivity contribution >= 4 is 17.8 Å². The number of imide groups is 1. The summed E-state index contributed by atoms with van der Waals surface area (Å²) in [5, 5.41) is 2.62. The van der Waals surface area contributed by atoms with Crippen molar-refractivity contribution in [2.75, 3.05) is 19.8 Å². The topological polar surface area (TPSA) is 69.7 Å². The average Bonchev–Trinajstić information content (AvgIpc) is 2.78. The number of nitrogens with zero attached hydrogens (tertiary/aromatic N) is 2. The van der Waals surface area contributed by atoms with Crippen LogP contribution in [0.3, 0.4) is 0 Å². The van der Waals surface area contributed by atoms with Gasteiger partial charge in [0, 0.05) is 31.5 Å². The molecule has 2 rings (SSSR count). The van der Waals surface area contributed by atoms with Crippen molar-refractivity contribution in [1.82, 2.24) is 15.1 Å². The molecular weight excluding hydrogens is 313 g/mol. The summed E-state index contributed by atoms with van der Waals surface area (Å²) >= 11 is 0. The van der Waals surface area contributed by atoms with Gasteiger partial charge >= 0.3 is 6.03 Å². The molecule has 1 N–H and O–H groups in total. The van der Waals surface area contributed by atoms with Crippen LogP contribution in [0.5, 0.6) is 0 Å². The quantitative estimate of drug-likeness (QED) is 0.752. The molecular formula is C17H28FN3O3. The molecule has 1 unspecified atom stereocenters. The van der Waals surface area contributed by atoms with Crippen LogP contribution in [0.1, 0.15) is 52.9 Å². The van der Waals surface area contributed by atoms with Gasteiger partial charge in [-0.25, -0.2) is 4.79 Å². The van der Waals surface area contributed by atoms with Crippen molar-refractivity contribution in [3.05, 3.63) is 0 Å². The number of carbonyl (C=O) groups excluding carboxylic acids is 3. The number of nitrogens with one attached hydrogen (secondary N) is 1. The molecule has 2 saturated heterocycles. The van der Waals surface area contributed by atoms with E-state index >= 15 is 0 Å². The van der Waals surface area contributed by atoms with E-state index in [1.165, 1.54) is 4.90 Å². The van der Waals surface area contributed by atoms with Crippen LogP contribution in [-0.2, 0) is 9.59 Å². The monoisotopic (exact) mass is 341 g/mol. The number of urea groups is 1. The number of alkyl halides is 1.